The van der Waals surface area contributed by atoms with E-state index in [4.69, 9.17) is 0 Å². The standard InChI is InChI=1S/C19H32N2O3/c1-14(2)12-17(20-18(23)16-6-4-3-5-7-16)19(24)21-10-8-15(13-22)9-11-21/h6,14-15,17,22H,3-5,7-13H2,1-2H3,(H,20,23). The number of aliphatic hydroxyl groups excluding tert-OH is 1. The molecule has 0 bridgehead atoms. The Bertz CT molecular complexity index is 465. The Morgan fingerprint density at radius 2 is 2.00 bits per heavy atom. The molecule has 0 aromatic heterocycles. The number of nitrogens with zero attached hydrogens (tertiary/aromatic N) is 1. The Hall–Kier alpha value is -1.36. The van der Waals surface area contributed by atoms with E-state index in [1.54, 1.807) is 0 Å². The SMILES string of the molecule is CC(C)CC(NC(=O)C1=CCCCC1)C(=O)N1CCC(CO)CC1. The van der Waals surface area contributed by atoms with Crippen molar-refractivity contribution >= 4 is 11.8 Å². The minimum absolute atomic E-state index is 0.0323. The predicted molar refractivity (Wildman–Crippen MR) is 94.3 cm³/mol. The second-order valence-electron chi connectivity index (χ2n) is 7.58. The summed E-state index contributed by atoms with van der Waals surface area (Å²) in [4.78, 5) is 27.2. The second-order valence-corrected chi connectivity index (χ2v) is 7.58. The lowest BCUT2D eigenvalue weighted by molar-refractivity contribution is -0.137. The number of rotatable bonds is 6. The van der Waals surface area contributed by atoms with Crippen LogP contribution in [0.5, 0.6) is 0 Å². The molecule has 1 atom stereocenters. The van der Waals surface area contributed by atoms with Crippen molar-refractivity contribution in [1.82, 2.24) is 10.2 Å². The van der Waals surface area contributed by atoms with Crippen molar-refractivity contribution in [2.24, 2.45) is 11.8 Å². The maximum atomic E-state index is 12.9. The first kappa shape index (κ1) is 19.0. The van der Waals surface area contributed by atoms with Crippen LogP contribution in [0.2, 0.25) is 0 Å². The lowest BCUT2D eigenvalue weighted by Crippen LogP contribution is -2.51. The molecule has 2 aliphatic rings. The fourth-order valence-electron chi connectivity index (χ4n) is 3.54. The molecule has 2 rings (SSSR count). The van der Waals surface area contributed by atoms with Gasteiger partial charge in [0.1, 0.15) is 6.04 Å². The van der Waals surface area contributed by atoms with Gasteiger partial charge in [-0.15, -0.1) is 0 Å². The summed E-state index contributed by atoms with van der Waals surface area (Å²) >= 11 is 0. The first-order valence-electron chi connectivity index (χ1n) is 9.40. The quantitative estimate of drug-likeness (QED) is 0.781. The predicted octanol–water partition coefficient (Wildman–Crippen LogP) is 2.25. The maximum absolute atomic E-state index is 12.9. The number of hydrogen-bond donors (Lipinski definition) is 2. The van der Waals surface area contributed by atoms with Gasteiger partial charge in [-0.1, -0.05) is 19.9 Å². The highest BCUT2D eigenvalue weighted by Crippen LogP contribution is 2.20. The average molecular weight is 336 g/mol. The van der Waals surface area contributed by atoms with Gasteiger partial charge >= 0.3 is 0 Å². The molecule has 0 spiro atoms. The summed E-state index contributed by atoms with van der Waals surface area (Å²) in [7, 11) is 0. The van der Waals surface area contributed by atoms with Crippen molar-refractivity contribution < 1.29 is 14.7 Å². The average Bonchev–Trinajstić information content (AvgIpc) is 2.61. The largest absolute Gasteiger partial charge is 0.396 e. The number of piperidine rings is 1. The molecular formula is C19H32N2O3. The summed E-state index contributed by atoms with van der Waals surface area (Å²) in [5.41, 5.74) is 0.835. The maximum Gasteiger partial charge on any atom is 0.247 e. The molecule has 1 saturated heterocycles. The van der Waals surface area contributed by atoms with Crippen LogP contribution in [0, 0.1) is 11.8 Å². The van der Waals surface area contributed by atoms with E-state index in [0.717, 1.165) is 44.1 Å². The van der Waals surface area contributed by atoms with E-state index in [2.05, 4.69) is 19.2 Å². The van der Waals surface area contributed by atoms with E-state index in [1.807, 2.05) is 11.0 Å². The van der Waals surface area contributed by atoms with Gasteiger partial charge in [-0.3, -0.25) is 9.59 Å². The fourth-order valence-corrected chi connectivity index (χ4v) is 3.54. The summed E-state index contributed by atoms with van der Waals surface area (Å²) < 4.78 is 0. The molecule has 2 amide bonds. The van der Waals surface area contributed by atoms with Crippen LogP contribution in [0.15, 0.2) is 11.6 Å². The third kappa shape index (κ3) is 5.33. The van der Waals surface area contributed by atoms with Crippen LogP contribution in [0.3, 0.4) is 0 Å². The van der Waals surface area contributed by atoms with Crippen LogP contribution in [-0.4, -0.2) is 47.6 Å². The molecular weight excluding hydrogens is 304 g/mol. The number of amides is 2. The van der Waals surface area contributed by atoms with Gasteiger partial charge in [-0.25, -0.2) is 0 Å². The topological polar surface area (TPSA) is 69.6 Å². The van der Waals surface area contributed by atoms with E-state index in [-0.39, 0.29) is 18.4 Å². The Labute approximate surface area is 145 Å². The van der Waals surface area contributed by atoms with Gasteiger partial charge in [0.15, 0.2) is 0 Å². The van der Waals surface area contributed by atoms with E-state index >= 15 is 0 Å². The van der Waals surface area contributed by atoms with Crippen LogP contribution in [-0.2, 0) is 9.59 Å². The number of carbonyl (C=O) groups is 2. The lowest BCUT2D eigenvalue weighted by atomic mass is 9.95. The highest BCUT2D eigenvalue weighted by Gasteiger charge is 2.30. The second kappa shape index (κ2) is 9.21. The molecule has 1 fully saturated rings. The number of allylic oxidation sites excluding steroid dienone is 1. The van der Waals surface area contributed by atoms with Gasteiger partial charge in [-0.05, 0) is 56.8 Å². The van der Waals surface area contributed by atoms with Crippen LogP contribution < -0.4 is 5.32 Å². The molecule has 0 saturated carbocycles. The first-order chi connectivity index (χ1) is 11.5. The summed E-state index contributed by atoms with van der Waals surface area (Å²) in [6, 6.07) is -0.439. The molecule has 2 N–H and O–H groups in total. The zero-order chi connectivity index (χ0) is 17.5. The molecule has 24 heavy (non-hydrogen) atoms. The van der Waals surface area contributed by atoms with E-state index in [0.29, 0.717) is 31.3 Å². The van der Waals surface area contributed by atoms with E-state index in [1.165, 1.54) is 0 Å². The third-order valence-electron chi connectivity index (χ3n) is 5.08. The van der Waals surface area contributed by atoms with Crippen molar-refractivity contribution in [2.45, 2.75) is 64.8 Å². The molecule has 5 heteroatoms. The zero-order valence-electron chi connectivity index (χ0n) is 15.1. The Morgan fingerprint density at radius 3 is 2.54 bits per heavy atom. The van der Waals surface area contributed by atoms with Gasteiger partial charge < -0.3 is 15.3 Å². The number of aliphatic hydroxyl groups is 1. The van der Waals surface area contributed by atoms with Crippen LogP contribution in [0.25, 0.3) is 0 Å². The first-order valence-corrected chi connectivity index (χ1v) is 9.40. The Kier molecular flexibility index (Phi) is 7.28. The lowest BCUT2D eigenvalue weighted by Gasteiger charge is -2.34. The Morgan fingerprint density at radius 1 is 1.29 bits per heavy atom. The molecule has 5 nitrogen and oxygen atoms in total. The summed E-state index contributed by atoms with van der Waals surface area (Å²) in [6.45, 7) is 5.70. The van der Waals surface area contributed by atoms with Gasteiger partial charge in [-0.2, -0.15) is 0 Å². The van der Waals surface area contributed by atoms with Crippen molar-refractivity contribution in [1.29, 1.82) is 0 Å². The van der Waals surface area contributed by atoms with E-state index < -0.39 is 6.04 Å². The number of hydrogen-bond acceptors (Lipinski definition) is 3. The van der Waals surface area contributed by atoms with Crippen LogP contribution >= 0.6 is 0 Å². The molecule has 1 aliphatic carbocycles. The third-order valence-corrected chi connectivity index (χ3v) is 5.08. The van der Waals surface area contributed by atoms with Crippen molar-refractivity contribution in [3.63, 3.8) is 0 Å². The van der Waals surface area contributed by atoms with Gasteiger partial charge in [0.2, 0.25) is 11.8 Å². The smallest absolute Gasteiger partial charge is 0.247 e. The molecule has 0 aromatic rings. The fraction of sp³-hybridized carbons (Fsp3) is 0.789. The van der Waals surface area contributed by atoms with Crippen molar-refractivity contribution in [2.75, 3.05) is 19.7 Å². The molecule has 1 unspecified atom stereocenters. The summed E-state index contributed by atoms with van der Waals surface area (Å²) in [5, 5.41) is 12.2. The number of likely N-dealkylation sites (tertiary alicyclic amines) is 1. The molecule has 0 aromatic carbocycles. The molecule has 0 radical (unpaired) electrons. The monoisotopic (exact) mass is 336 g/mol. The van der Waals surface area contributed by atoms with Crippen molar-refractivity contribution in [3.8, 4) is 0 Å². The van der Waals surface area contributed by atoms with Gasteiger partial charge in [0, 0.05) is 25.3 Å². The molecule has 136 valence electrons. The highest BCUT2D eigenvalue weighted by atomic mass is 16.3. The minimum atomic E-state index is -0.439. The zero-order valence-corrected chi connectivity index (χ0v) is 15.1. The summed E-state index contributed by atoms with van der Waals surface area (Å²) in [5.74, 6) is 0.609. The normalized spacial score (nSPS) is 20.7. The summed E-state index contributed by atoms with van der Waals surface area (Å²) in [6.07, 6.45) is 8.34. The highest BCUT2D eigenvalue weighted by molar-refractivity contribution is 5.97. The van der Waals surface area contributed by atoms with Crippen molar-refractivity contribution in [3.05, 3.63) is 11.6 Å². The number of nitrogens with one attached hydrogen (secondary N) is 1. The van der Waals surface area contributed by atoms with Crippen LogP contribution in [0.4, 0.5) is 0 Å². The minimum Gasteiger partial charge on any atom is -0.396 e. The molecule has 1 aliphatic heterocycles. The van der Waals surface area contributed by atoms with E-state index in [9.17, 15) is 14.7 Å². The van der Waals surface area contributed by atoms with Gasteiger partial charge in [0.25, 0.3) is 0 Å². The molecule has 1 heterocycles. The Balaban J connectivity index is 1.97. The van der Waals surface area contributed by atoms with Gasteiger partial charge in [0.05, 0.1) is 0 Å². The van der Waals surface area contributed by atoms with Crippen LogP contribution in [0.1, 0.15) is 58.8 Å². The number of carbonyl (C=O) groups excluding carboxylic acids is 2.